The largest absolute Gasteiger partial charge is 0.337 e. The van der Waals surface area contributed by atoms with E-state index < -0.39 is 0 Å². The SMILES string of the molecule is CN(c1ccccc1)c1cnnc(N2CCN(Cc3ccccc3)CC2)n1. The number of piperazine rings is 1. The second-order valence-corrected chi connectivity index (χ2v) is 6.76. The number of benzene rings is 2. The lowest BCUT2D eigenvalue weighted by atomic mass is 10.2. The molecular weight excluding hydrogens is 336 g/mol. The summed E-state index contributed by atoms with van der Waals surface area (Å²) < 4.78 is 0. The Morgan fingerprint density at radius 1 is 0.889 bits per heavy atom. The lowest BCUT2D eigenvalue weighted by Crippen LogP contribution is -2.46. The first-order valence-electron chi connectivity index (χ1n) is 9.29. The highest BCUT2D eigenvalue weighted by molar-refractivity contribution is 5.58. The third kappa shape index (κ3) is 4.23. The zero-order valence-electron chi connectivity index (χ0n) is 15.6. The molecule has 2 aromatic carbocycles. The van der Waals surface area contributed by atoms with Gasteiger partial charge in [-0.2, -0.15) is 10.1 Å². The summed E-state index contributed by atoms with van der Waals surface area (Å²) in [7, 11) is 2.00. The first-order chi connectivity index (χ1) is 13.3. The van der Waals surface area contributed by atoms with E-state index in [2.05, 4.69) is 62.5 Å². The summed E-state index contributed by atoms with van der Waals surface area (Å²) >= 11 is 0. The minimum absolute atomic E-state index is 0.703. The monoisotopic (exact) mass is 360 g/mol. The minimum atomic E-state index is 0.703. The van der Waals surface area contributed by atoms with Gasteiger partial charge in [0.05, 0.1) is 6.20 Å². The number of para-hydroxylation sites is 1. The average molecular weight is 360 g/mol. The molecule has 6 nitrogen and oxygen atoms in total. The molecule has 2 heterocycles. The fourth-order valence-electron chi connectivity index (χ4n) is 3.31. The lowest BCUT2D eigenvalue weighted by Gasteiger charge is -2.34. The van der Waals surface area contributed by atoms with Crippen LogP contribution in [-0.4, -0.2) is 53.3 Å². The van der Waals surface area contributed by atoms with Crippen molar-refractivity contribution in [2.24, 2.45) is 0 Å². The van der Waals surface area contributed by atoms with Gasteiger partial charge in [0.2, 0.25) is 5.95 Å². The van der Waals surface area contributed by atoms with Crippen molar-refractivity contribution >= 4 is 17.5 Å². The van der Waals surface area contributed by atoms with Gasteiger partial charge in [0.15, 0.2) is 5.82 Å². The molecule has 1 aromatic heterocycles. The fraction of sp³-hybridized carbons (Fsp3) is 0.286. The van der Waals surface area contributed by atoms with Crippen LogP contribution in [0.3, 0.4) is 0 Å². The number of hydrogen-bond acceptors (Lipinski definition) is 6. The van der Waals surface area contributed by atoms with Gasteiger partial charge in [-0.05, 0) is 17.7 Å². The number of aromatic nitrogens is 3. The Labute approximate surface area is 160 Å². The predicted octanol–water partition coefficient (Wildman–Crippen LogP) is 2.96. The van der Waals surface area contributed by atoms with Crippen molar-refractivity contribution in [2.45, 2.75) is 6.54 Å². The number of hydrogen-bond donors (Lipinski definition) is 0. The van der Waals surface area contributed by atoms with Crippen molar-refractivity contribution in [3.63, 3.8) is 0 Å². The topological polar surface area (TPSA) is 48.4 Å². The van der Waals surface area contributed by atoms with Gasteiger partial charge >= 0.3 is 0 Å². The summed E-state index contributed by atoms with van der Waals surface area (Å²) in [6.45, 7) is 4.80. The normalized spacial score (nSPS) is 14.9. The molecule has 0 amide bonds. The van der Waals surface area contributed by atoms with Crippen LogP contribution in [0.2, 0.25) is 0 Å². The van der Waals surface area contributed by atoms with E-state index in [0.717, 1.165) is 44.2 Å². The Kier molecular flexibility index (Phi) is 5.25. The Hall–Kier alpha value is -2.99. The highest BCUT2D eigenvalue weighted by atomic mass is 15.4. The molecule has 6 heteroatoms. The van der Waals surface area contributed by atoms with Crippen molar-refractivity contribution in [2.75, 3.05) is 43.0 Å². The van der Waals surface area contributed by atoms with Gasteiger partial charge in [-0.1, -0.05) is 48.5 Å². The van der Waals surface area contributed by atoms with Gasteiger partial charge in [-0.25, -0.2) is 0 Å². The minimum Gasteiger partial charge on any atom is -0.337 e. The van der Waals surface area contributed by atoms with Crippen LogP contribution >= 0.6 is 0 Å². The van der Waals surface area contributed by atoms with Crippen molar-refractivity contribution in [1.82, 2.24) is 20.1 Å². The second kappa shape index (κ2) is 8.14. The van der Waals surface area contributed by atoms with Crippen LogP contribution in [0.5, 0.6) is 0 Å². The van der Waals surface area contributed by atoms with Crippen molar-refractivity contribution < 1.29 is 0 Å². The standard InChI is InChI=1S/C21H24N6/c1-25(19-10-6-3-7-11-19)20-16-22-24-21(23-20)27-14-12-26(13-15-27)17-18-8-4-2-5-9-18/h2-11,16H,12-15,17H2,1H3. The van der Waals surface area contributed by atoms with Gasteiger partial charge in [-0.15, -0.1) is 5.10 Å². The van der Waals surface area contributed by atoms with Crippen LogP contribution < -0.4 is 9.80 Å². The number of anilines is 3. The van der Waals surface area contributed by atoms with Gasteiger partial charge < -0.3 is 9.80 Å². The Morgan fingerprint density at radius 3 is 2.26 bits per heavy atom. The Bertz CT molecular complexity index is 847. The van der Waals surface area contributed by atoms with E-state index in [1.165, 1.54) is 5.56 Å². The van der Waals surface area contributed by atoms with E-state index in [9.17, 15) is 0 Å². The van der Waals surface area contributed by atoms with Gasteiger partial charge in [0, 0.05) is 45.5 Å². The van der Waals surface area contributed by atoms with Crippen LogP contribution in [0.15, 0.2) is 66.9 Å². The summed E-state index contributed by atoms with van der Waals surface area (Å²) in [6, 6.07) is 20.8. The smallest absolute Gasteiger partial charge is 0.247 e. The highest BCUT2D eigenvalue weighted by Crippen LogP contribution is 2.22. The van der Waals surface area contributed by atoms with E-state index in [1.807, 2.05) is 30.1 Å². The van der Waals surface area contributed by atoms with Gasteiger partial charge in [0.1, 0.15) is 0 Å². The maximum absolute atomic E-state index is 4.74. The van der Waals surface area contributed by atoms with Crippen molar-refractivity contribution in [3.05, 3.63) is 72.4 Å². The van der Waals surface area contributed by atoms with Crippen LogP contribution in [0.1, 0.15) is 5.56 Å². The predicted molar refractivity (Wildman–Crippen MR) is 108 cm³/mol. The molecule has 3 aromatic rings. The highest BCUT2D eigenvalue weighted by Gasteiger charge is 2.20. The third-order valence-corrected chi connectivity index (χ3v) is 4.93. The van der Waals surface area contributed by atoms with E-state index in [-0.39, 0.29) is 0 Å². The van der Waals surface area contributed by atoms with Crippen LogP contribution in [0.4, 0.5) is 17.5 Å². The van der Waals surface area contributed by atoms with Crippen LogP contribution in [-0.2, 0) is 6.54 Å². The maximum atomic E-state index is 4.74. The van der Waals surface area contributed by atoms with Crippen LogP contribution in [0.25, 0.3) is 0 Å². The van der Waals surface area contributed by atoms with Crippen molar-refractivity contribution in [1.29, 1.82) is 0 Å². The van der Waals surface area contributed by atoms with E-state index in [1.54, 1.807) is 6.20 Å². The molecule has 4 rings (SSSR count). The second-order valence-electron chi connectivity index (χ2n) is 6.76. The summed E-state index contributed by atoms with van der Waals surface area (Å²) in [4.78, 5) is 11.5. The molecule has 0 radical (unpaired) electrons. The van der Waals surface area contributed by atoms with E-state index in [4.69, 9.17) is 4.98 Å². The fourth-order valence-corrected chi connectivity index (χ4v) is 3.31. The summed E-state index contributed by atoms with van der Waals surface area (Å²) in [5.74, 6) is 1.51. The summed E-state index contributed by atoms with van der Waals surface area (Å²) in [5, 5.41) is 8.45. The third-order valence-electron chi connectivity index (χ3n) is 4.93. The summed E-state index contributed by atoms with van der Waals surface area (Å²) in [5.41, 5.74) is 2.44. The molecule has 0 N–H and O–H groups in total. The zero-order chi connectivity index (χ0) is 18.5. The quantitative estimate of drug-likeness (QED) is 0.697. The van der Waals surface area contributed by atoms with E-state index >= 15 is 0 Å². The Balaban J connectivity index is 1.40. The molecule has 0 bridgehead atoms. The Morgan fingerprint density at radius 2 is 1.56 bits per heavy atom. The molecule has 1 aliphatic rings. The molecule has 0 saturated carbocycles. The molecule has 0 spiro atoms. The molecule has 0 atom stereocenters. The first-order valence-corrected chi connectivity index (χ1v) is 9.29. The molecule has 27 heavy (non-hydrogen) atoms. The number of rotatable bonds is 5. The van der Waals surface area contributed by atoms with E-state index in [0.29, 0.717) is 5.95 Å². The lowest BCUT2D eigenvalue weighted by molar-refractivity contribution is 0.248. The maximum Gasteiger partial charge on any atom is 0.247 e. The number of nitrogens with zero attached hydrogens (tertiary/aromatic N) is 6. The molecule has 1 saturated heterocycles. The molecule has 138 valence electrons. The molecule has 1 aliphatic heterocycles. The van der Waals surface area contributed by atoms with Crippen molar-refractivity contribution in [3.8, 4) is 0 Å². The molecular formula is C21H24N6. The molecule has 0 unspecified atom stereocenters. The zero-order valence-corrected chi connectivity index (χ0v) is 15.6. The average Bonchev–Trinajstić information content (AvgIpc) is 2.75. The molecule has 1 fully saturated rings. The van der Waals surface area contributed by atoms with Gasteiger partial charge in [-0.3, -0.25) is 4.90 Å². The molecule has 0 aliphatic carbocycles. The summed E-state index contributed by atoms with van der Waals surface area (Å²) in [6.07, 6.45) is 1.71. The van der Waals surface area contributed by atoms with Gasteiger partial charge in [0.25, 0.3) is 0 Å². The first kappa shape index (κ1) is 17.4. The van der Waals surface area contributed by atoms with Crippen LogP contribution in [0, 0.1) is 0 Å².